The summed E-state index contributed by atoms with van der Waals surface area (Å²) in [5.41, 5.74) is 1.44. The maximum Gasteiger partial charge on any atom is 0.295 e. The SMILES string of the molecule is Cc1c(NC(=O)CSc2nnc(-c3ccco3)n2C2CCCCC2)c(=O)n(-c2ccccc2)n1C. The molecule has 3 aromatic heterocycles. The number of rotatable bonds is 7. The Morgan fingerprint density at radius 1 is 1.11 bits per heavy atom. The lowest BCUT2D eigenvalue weighted by Crippen LogP contribution is -2.23. The van der Waals surface area contributed by atoms with E-state index in [1.807, 2.05) is 49.4 Å². The molecule has 3 heterocycles. The quantitative estimate of drug-likeness (QED) is 0.379. The number of para-hydroxylation sites is 1. The van der Waals surface area contributed by atoms with Crippen molar-refractivity contribution in [2.45, 2.75) is 50.2 Å². The molecule has 9 nitrogen and oxygen atoms in total. The van der Waals surface area contributed by atoms with E-state index in [1.165, 1.54) is 18.2 Å². The molecule has 0 atom stereocenters. The summed E-state index contributed by atoms with van der Waals surface area (Å²) in [5, 5.41) is 12.3. The van der Waals surface area contributed by atoms with Gasteiger partial charge in [-0.15, -0.1) is 10.2 Å². The lowest BCUT2D eigenvalue weighted by Gasteiger charge is -2.25. The third-order valence-corrected chi connectivity index (χ3v) is 7.44. The van der Waals surface area contributed by atoms with Crippen molar-refractivity contribution < 1.29 is 9.21 Å². The zero-order chi connectivity index (χ0) is 24.4. The summed E-state index contributed by atoms with van der Waals surface area (Å²) in [6.45, 7) is 1.82. The van der Waals surface area contributed by atoms with Crippen molar-refractivity contribution in [2.24, 2.45) is 7.05 Å². The van der Waals surface area contributed by atoms with Crippen LogP contribution in [0.15, 0.2) is 63.1 Å². The van der Waals surface area contributed by atoms with Gasteiger partial charge >= 0.3 is 0 Å². The van der Waals surface area contributed by atoms with E-state index in [2.05, 4.69) is 20.1 Å². The normalized spacial score (nSPS) is 14.3. The van der Waals surface area contributed by atoms with E-state index >= 15 is 0 Å². The number of hydrogen-bond acceptors (Lipinski definition) is 6. The minimum Gasteiger partial charge on any atom is -0.461 e. The molecule has 182 valence electrons. The maximum absolute atomic E-state index is 13.1. The Balaban J connectivity index is 1.35. The van der Waals surface area contributed by atoms with Gasteiger partial charge in [-0.2, -0.15) is 0 Å². The Kier molecular flexibility index (Phi) is 6.63. The van der Waals surface area contributed by atoms with Crippen LogP contribution in [0.1, 0.15) is 43.8 Å². The number of carbonyl (C=O) groups is 1. The molecule has 0 saturated heterocycles. The molecule has 10 heteroatoms. The van der Waals surface area contributed by atoms with E-state index in [1.54, 1.807) is 22.7 Å². The zero-order valence-electron chi connectivity index (χ0n) is 19.8. The van der Waals surface area contributed by atoms with Crippen LogP contribution in [0.4, 0.5) is 5.69 Å². The topological polar surface area (TPSA) is 99.9 Å². The van der Waals surface area contributed by atoms with E-state index in [0.29, 0.717) is 22.4 Å². The van der Waals surface area contributed by atoms with E-state index in [0.717, 1.165) is 31.4 Å². The van der Waals surface area contributed by atoms with Gasteiger partial charge < -0.3 is 9.73 Å². The highest BCUT2D eigenvalue weighted by Gasteiger charge is 2.26. The van der Waals surface area contributed by atoms with Gasteiger partial charge in [0, 0.05) is 13.1 Å². The molecule has 1 aromatic carbocycles. The van der Waals surface area contributed by atoms with Gasteiger partial charge in [-0.3, -0.25) is 18.8 Å². The number of nitrogens with zero attached hydrogens (tertiary/aromatic N) is 5. The Hall–Kier alpha value is -3.53. The Morgan fingerprint density at radius 2 is 1.89 bits per heavy atom. The maximum atomic E-state index is 13.1. The van der Waals surface area contributed by atoms with Crippen LogP contribution in [-0.2, 0) is 11.8 Å². The van der Waals surface area contributed by atoms with Crippen LogP contribution in [0.3, 0.4) is 0 Å². The molecule has 0 bridgehead atoms. The van der Waals surface area contributed by atoms with Crippen molar-refractivity contribution in [3.8, 4) is 17.3 Å². The molecule has 0 aliphatic heterocycles. The molecule has 1 amide bonds. The Labute approximate surface area is 207 Å². The van der Waals surface area contributed by atoms with Crippen LogP contribution < -0.4 is 10.9 Å². The second-order valence-corrected chi connectivity index (χ2v) is 9.66. The minimum absolute atomic E-state index is 0.113. The van der Waals surface area contributed by atoms with Crippen LogP contribution in [0.2, 0.25) is 0 Å². The molecular weight excluding hydrogens is 464 g/mol. The van der Waals surface area contributed by atoms with Crippen molar-refractivity contribution in [1.82, 2.24) is 24.1 Å². The number of hydrogen-bond donors (Lipinski definition) is 1. The summed E-state index contributed by atoms with van der Waals surface area (Å²) in [5.74, 6) is 1.20. The standard InChI is InChI=1S/C25H28N6O3S/c1-17-22(24(33)31(29(17)2)19-12-7-4-8-13-19)26-21(32)16-35-25-28-27-23(20-14-9-15-34-20)30(25)18-10-5-3-6-11-18/h4,7-9,12-15,18H,3,5-6,10-11,16H2,1-2H3,(H,26,32). The van der Waals surface area contributed by atoms with Crippen LogP contribution in [0, 0.1) is 6.92 Å². The average molecular weight is 493 g/mol. The van der Waals surface area contributed by atoms with E-state index in [9.17, 15) is 9.59 Å². The number of carbonyl (C=O) groups excluding carboxylic acids is 1. The Morgan fingerprint density at radius 3 is 2.60 bits per heavy atom. The molecular formula is C25H28N6O3S. The number of nitrogens with one attached hydrogen (secondary N) is 1. The van der Waals surface area contributed by atoms with Crippen LogP contribution >= 0.6 is 11.8 Å². The lowest BCUT2D eigenvalue weighted by atomic mass is 9.95. The van der Waals surface area contributed by atoms with Crippen molar-refractivity contribution in [3.63, 3.8) is 0 Å². The third kappa shape index (κ3) is 4.58. The molecule has 5 rings (SSSR count). The molecule has 4 aromatic rings. The van der Waals surface area contributed by atoms with Crippen molar-refractivity contribution >= 4 is 23.4 Å². The molecule has 1 saturated carbocycles. The molecule has 1 aliphatic rings. The van der Waals surface area contributed by atoms with Crippen molar-refractivity contribution in [3.05, 3.63) is 64.8 Å². The first-order valence-electron chi connectivity index (χ1n) is 11.8. The molecule has 35 heavy (non-hydrogen) atoms. The molecule has 0 spiro atoms. The van der Waals surface area contributed by atoms with Crippen LogP contribution in [0.25, 0.3) is 17.3 Å². The monoisotopic (exact) mass is 492 g/mol. The molecule has 1 fully saturated rings. The summed E-state index contributed by atoms with van der Waals surface area (Å²) in [6, 6.07) is 13.3. The summed E-state index contributed by atoms with van der Waals surface area (Å²) < 4.78 is 11.0. The highest BCUT2D eigenvalue weighted by Crippen LogP contribution is 2.35. The van der Waals surface area contributed by atoms with Gasteiger partial charge in [0.2, 0.25) is 11.7 Å². The van der Waals surface area contributed by atoms with Gasteiger partial charge in [0.15, 0.2) is 10.9 Å². The van der Waals surface area contributed by atoms with Gasteiger partial charge in [-0.05, 0) is 44.0 Å². The molecule has 1 aliphatic carbocycles. The van der Waals surface area contributed by atoms with Crippen molar-refractivity contribution in [2.75, 3.05) is 11.1 Å². The van der Waals surface area contributed by atoms with Crippen LogP contribution in [-0.4, -0.2) is 35.8 Å². The molecule has 1 N–H and O–H groups in total. The summed E-state index contributed by atoms with van der Waals surface area (Å²) in [6.07, 6.45) is 7.27. The number of aromatic nitrogens is 5. The number of thioether (sulfide) groups is 1. The summed E-state index contributed by atoms with van der Waals surface area (Å²) in [4.78, 5) is 26.0. The van der Waals surface area contributed by atoms with E-state index in [-0.39, 0.29) is 28.9 Å². The van der Waals surface area contributed by atoms with Crippen LogP contribution in [0.5, 0.6) is 0 Å². The zero-order valence-corrected chi connectivity index (χ0v) is 20.6. The highest BCUT2D eigenvalue weighted by molar-refractivity contribution is 7.99. The summed E-state index contributed by atoms with van der Waals surface area (Å²) in [7, 11) is 1.80. The van der Waals surface area contributed by atoms with E-state index in [4.69, 9.17) is 4.42 Å². The fourth-order valence-corrected chi connectivity index (χ4v) is 5.44. The Bertz CT molecular complexity index is 1360. The van der Waals surface area contributed by atoms with Gasteiger partial charge in [0.1, 0.15) is 5.69 Å². The third-order valence-electron chi connectivity index (χ3n) is 6.50. The van der Waals surface area contributed by atoms with Gasteiger partial charge in [-0.1, -0.05) is 49.2 Å². The lowest BCUT2D eigenvalue weighted by molar-refractivity contribution is -0.113. The largest absolute Gasteiger partial charge is 0.461 e. The number of anilines is 1. The summed E-state index contributed by atoms with van der Waals surface area (Å²) >= 11 is 1.33. The number of furan rings is 1. The first kappa shape index (κ1) is 23.2. The fourth-order valence-electron chi connectivity index (χ4n) is 4.64. The second kappa shape index (κ2) is 9.99. The molecule has 0 unspecified atom stereocenters. The van der Waals surface area contributed by atoms with Gasteiger partial charge in [0.05, 0.1) is 23.4 Å². The minimum atomic E-state index is -0.265. The van der Waals surface area contributed by atoms with Gasteiger partial charge in [0.25, 0.3) is 5.56 Å². The predicted molar refractivity (Wildman–Crippen MR) is 135 cm³/mol. The highest BCUT2D eigenvalue weighted by atomic mass is 32.2. The average Bonchev–Trinajstić information content (AvgIpc) is 3.60. The molecule has 0 radical (unpaired) electrons. The number of benzene rings is 1. The predicted octanol–water partition coefficient (Wildman–Crippen LogP) is 4.57. The smallest absolute Gasteiger partial charge is 0.295 e. The van der Waals surface area contributed by atoms with E-state index < -0.39 is 0 Å². The number of amides is 1. The first-order valence-corrected chi connectivity index (χ1v) is 12.8. The fraction of sp³-hybridized carbons (Fsp3) is 0.360. The first-order chi connectivity index (χ1) is 17.0. The second-order valence-electron chi connectivity index (χ2n) is 8.72. The van der Waals surface area contributed by atoms with Gasteiger partial charge in [-0.25, -0.2) is 4.68 Å². The van der Waals surface area contributed by atoms with Crippen molar-refractivity contribution in [1.29, 1.82) is 0 Å².